The summed E-state index contributed by atoms with van der Waals surface area (Å²) in [5, 5.41) is 11.8. The number of nitrogens with zero attached hydrogens (tertiary/aromatic N) is 2. The van der Waals surface area contributed by atoms with E-state index in [0.29, 0.717) is 17.8 Å². The van der Waals surface area contributed by atoms with Crippen LogP contribution in [0.2, 0.25) is 0 Å². The zero-order chi connectivity index (χ0) is 18.4. The minimum absolute atomic E-state index is 0.0493. The second-order valence-corrected chi connectivity index (χ2v) is 6.89. The summed E-state index contributed by atoms with van der Waals surface area (Å²) in [7, 11) is 0. The van der Waals surface area contributed by atoms with Gasteiger partial charge in [0.15, 0.2) is 0 Å². The molecule has 0 fully saturated rings. The Bertz CT molecular complexity index is 860. The lowest BCUT2D eigenvalue weighted by atomic mass is 10.2. The van der Waals surface area contributed by atoms with Gasteiger partial charge in [-0.2, -0.15) is 5.10 Å². The Kier molecular flexibility index (Phi) is 5.80. The van der Waals surface area contributed by atoms with Crippen LogP contribution < -0.4 is 10.6 Å². The standard InChI is InChI=1S/C19H20N4O2S/c1-14(23-11-4-10-20-23)19(25)22-16-6-2-5-15(13-16)21-18(24)9-8-17-7-3-12-26-17/h2-7,10-14H,8-9H2,1H3,(H,21,24)(H,22,25). The van der Waals surface area contributed by atoms with E-state index in [1.807, 2.05) is 17.5 Å². The molecular formula is C19H20N4O2S. The van der Waals surface area contributed by atoms with E-state index in [-0.39, 0.29) is 11.8 Å². The highest BCUT2D eigenvalue weighted by Crippen LogP contribution is 2.18. The molecule has 26 heavy (non-hydrogen) atoms. The molecule has 2 N–H and O–H groups in total. The number of amides is 2. The predicted molar refractivity (Wildman–Crippen MR) is 103 cm³/mol. The number of hydrogen-bond acceptors (Lipinski definition) is 4. The highest BCUT2D eigenvalue weighted by Gasteiger charge is 2.15. The summed E-state index contributed by atoms with van der Waals surface area (Å²) in [5.74, 6) is -0.221. The van der Waals surface area contributed by atoms with Crippen LogP contribution in [0.15, 0.2) is 60.2 Å². The Morgan fingerprint density at radius 3 is 2.65 bits per heavy atom. The molecule has 0 spiro atoms. The van der Waals surface area contributed by atoms with E-state index >= 15 is 0 Å². The van der Waals surface area contributed by atoms with Crippen LogP contribution in [-0.2, 0) is 16.0 Å². The van der Waals surface area contributed by atoms with Crippen molar-refractivity contribution < 1.29 is 9.59 Å². The molecule has 0 aliphatic heterocycles. The molecule has 3 aromatic rings. The molecule has 0 bridgehead atoms. The Balaban J connectivity index is 1.55. The maximum absolute atomic E-state index is 12.3. The van der Waals surface area contributed by atoms with Gasteiger partial charge in [-0.3, -0.25) is 14.3 Å². The Hall–Kier alpha value is -2.93. The molecule has 0 saturated heterocycles. The van der Waals surface area contributed by atoms with Gasteiger partial charge >= 0.3 is 0 Å². The number of aromatic nitrogens is 2. The van der Waals surface area contributed by atoms with E-state index in [1.165, 1.54) is 4.88 Å². The van der Waals surface area contributed by atoms with Crippen LogP contribution in [0.3, 0.4) is 0 Å². The van der Waals surface area contributed by atoms with Gasteiger partial charge in [0.1, 0.15) is 6.04 Å². The molecule has 1 aromatic carbocycles. The van der Waals surface area contributed by atoms with Crippen molar-refractivity contribution in [3.05, 3.63) is 65.1 Å². The minimum Gasteiger partial charge on any atom is -0.326 e. The highest BCUT2D eigenvalue weighted by atomic mass is 32.1. The molecule has 0 aliphatic rings. The average molecular weight is 368 g/mol. The van der Waals surface area contributed by atoms with Crippen LogP contribution in [0.25, 0.3) is 0 Å². The summed E-state index contributed by atoms with van der Waals surface area (Å²) >= 11 is 1.65. The second kappa shape index (κ2) is 8.44. The monoisotopic (exact) mass is 368 g/mol. The number of anilines is 2. The Morgan fingerprint density at radius 1 is 1.15 bits per heavy atom. The zero-order valence-electron chi connectivity index (χ0n) is 14.4. The highest BCUT2D eigenvalue weighted by molar-refractivity contribution is 7.09. The number of rotatable bonds is 7. The molecule has 6 nitrogen and oxygen atoms in total. The number of hydrogen-bond donors (Lipinski definition) is 2. The van der Waals surface area contributed by atoms with Crippen molar-refractivity contribution in [1.29, 1.82) is 0 Å². The third-order valence-electron chi connectivity index (χ3n) is 3.89. The minimum atomic E-state index is -0.422. The summed E-state index contributed by atoms with van der Waals surface area (Å²) in [6.07, 6.45) is 4.53. The van der Waals surface area contributed by atoms with Crippen LogP contribution in [0, 0.1) is 0 Å². The molecule has 1 unspecified atom stereocenters. The van der Waals surface area contributed by atoms with Gasteiger partial charge in [-0.25, -0.2) is 0 Å². The number of benzene rings is 1. The van der Waals surface area contributed by atoms with Crippen LogP contribution in [-0.4, -0.2) is 21.6 Å². The summed E-state index contributed by atoms with van der Waals surface area (Å²) in [5.41, 5.74) is 1.29. The number of carbonyl (C=O) groups is 2. The van der Waals surface area contributed by atoms with E-state index in [2.05, 4.69) is 15.7 Å². The summed E-state index contributed by atoms with van der Waals surface area (Å²) in [6.45, 7) is 1.78. The summed E-state index contributed by atoms with van der Waals surface area (Å²) < 4.78 is 1.59. The first-order valence-corrected chi connectivity index (χ1v) is 9.22. The van der Waals surface area contributed by atoms with Gasteiger partial charge in [0.25, 0.3) is 0 Å². The van der Waals surface area contributed by atoms with Crippen molar-refractivity contribution in [2.24, 2.45) is 0 Å². The first-order chi connectivity index (χ1) is 12.6. The maximum atomic E-state index is 12.3. The van der Waals surface area contributed by atoms with Gasteiger partial charge in [-0.05, 0) is 49.1 Å². The van der Waals surface area contributed by atoms with E-state index < -0.39 is 6.04 Å². The molecule has 3 rings (SSSR count). The third kappa shape index (κ3) is 4.80. The fraction of sp³-hybridized carbons (Fsp3) is 0.211. The van der Waals surface area contributed by atoms with Gasteiger partial charge < -0.3 is 10.6 Å². The molecule has 0 saturated carbocycles. The Morgan fingerprint density at radius 2 is 1.96 bits per heavy atom. The lowest BCUT2D eigenvalue weighted by Gasteiger charge is -2.13. The zero-order valence-corrected chi connectivity index (χ0v) is 15.2. The average Bonchev–Trinajstić information content (AvgIpc) is 3.33. The molecule has 0 radical (unpaired) electrons. The van der Waals surface area contributed by atoms with Gasteiger partial charge in [0.2, 0.25) is 11.8 Å². The number of thiophene rings is 1. The van der Waals surface area contributed by atoms with Gasteiger partial charge in [0, 0.05) is 35.1 Å². The van der Waals surface area contributed by atoms with E-state index in [1.54, 1.807) is 65.7 Å². The largest absolute Gasteiger partial charge is 0.326 e. The van der Waals surface area contributed by atoms with Crippen LogP contribution >= 0.6 is 11.3 Å². The Labute approximate surface area is 155 Å². The molecule has 2 heterocycles. The number of carbonyl (C=O) groups excluding carboxylic acids is 2. The number of aryl methyl sites for hydroxylation is 1. The summed E-state index contributed by atoms with van der Waals surface area (Å²) in [6, 6.07) is 12.5. The fourth-order valence-corrected chi connectivity index (χ4v) is 3.18. The summed E-state index contributed by atoms with van der Waals surface area (Å²) in [4.78, 5) is 25.6. The van der Waals surface area contributed by atoms with Crippen molar-refractivity contribution in [2.75, 3.05) is 10.6 Å². The van der Waals surface area contributed by atoms with Crippen molar-refractivity contribution in [3.8, 4) is 0 Å². The van der Waals surface area contributed by atoms with Crippen molar-refractivity contribution in [3.63, 3.8) is 0 Å². The van der Waals surface area contributed by atoms with Crippen molar-refractivity contribution in [2.45, 2.75) is 25.8 Å². The fourth-order valence-electron chi connectivity index (χ4n) is 2.47. The van der Waals surface area contributed by atoms with Gasteiger partial charge in [0.05, 0.1) is 0 Å². The molecule has 2 amide bonds. The first-order valence-electron chi connectivity index (χ1n) is 8.34. The van der Waals surface area contributed by atoms with Gasteiger partial charge in [-0.1, -0.05) is 12.1 Å². The maximum Gasteiger partial charge on any atom is 0.248 e. The molecule has 2 aromatic heterocycles. The van der Waals surface area contributed by atoms with Crippen LogP contribution in [0.1, 0.15) is 24.3 Å². The van der Waals surface area contributed by atoms with Crippen molar-refractivity contribution >= 4 is 34.5 Å². The lowest BCUT2D eigenvalue weighted by Crippen LogP contribution is -2.24. The molecular weight excluding hydrogens is 348 g/mol. The predicted octanol–water partition coefficient (Wildman–Crippen LogP) is 3.72. The smallest absolute Gasteiger partial charge is 0.248 e. The molecule has 1 atom stereocenters. The quantitative estimate of drug-likeness (QED) is 0.667. The van der Waals surface area contributed by atoms with Crippen molar-refractivity contribution in [1.82, 2.24) is 9.78 Å². The SMILES string of the molecule is CC(C(=O)Nc1cccc(NC(=O)CCc2cccs2)c1)n1cccn1. The van der Waals surface area contributed by atoms with E-state index in [4.69, 9.17) is 0 Å². The van der Waals surface area contributed by atoms with Crippen LogP contribution in [0.4, 0.5) is 11.4 Å². The van der Waals surface area contributed by atoms with Crippen LogP contribution in [0.5, 0.6) is 0 Å². The third-order valence-corrected chi connectivity index (χ3v) is 4.83. The lowest BCUT2D eigenvalue weighted by molar-refractivity contribution is -0.119. The first kappa shape index (κ1) is 17.9. The molecule has 7 heteroatoms. The number of nitrogens with one attached hydrogen (secondary N) is 2. The van der Waals surface area contributed by atoms with E-state index in [9.17, 15) is 9.59 Å². The second-order valence-electron chi connectivity index (χ2n) is 5.86. The molecule has 134 valence electrons. The van der Waals surface area contributed by atoms with Gasteiger partial charge in [-0.15, -0.1) is 11.3 Å². The topological polar surface area (TPSA) is 76.0 Å². The molecule has 0 aliphatic carbocycles. The normalized spacial score (nSPS) is 11.7. The van der Waals surface area contributed by atoms with E-state index in [0.717, 1.165) is 6.42 Å².